The van der Waals surface area contributed by atoms with Gasteiger partial charge in [-0.3, -0.25) is 0 Å². The zero-order valence-corrected chi connectivity index (χ0v) is 12.4. The Hall–Kier alpha value is -1.21. The van der Waals surface area contributed by atoms with Crippen LogP contribution in [0.25, 0.3) is 0 Å². The predicted octanol–water partition coefficient (Wildman–Crippen LogP) is 1.43. The number of esters is 1. The third kappa shape index (κ3) is 3.22. The summed E-state index contributed by atoms with van der Waals surface area (Å²) >= 11 is 1.36. The van der Waals surface area contributed by atoms with Gasteiger partial charge in [-0.25, -0.2) is 9.78 Å². The molecule has 6 nitrogen and oxygen atoms in total. The van der Waals surface area contributed by atoms with E-state index in [0.29, 0.717) is 19.0 Å². The molecular weight excluding hydrogens is 266 g/mol. The van der Waals surface area contributed by atoms with Crippen molar-refractivity contribution in [2.45, 2.75) is 38.9 Å². The van der Waals surface area contributed by atoms with Crippen molar-refractivity contribution in [2.75, 3.05) is 25.1 Å². The molecule has 0 aromatic carbocycles. The predicted molar refractivity (Wildman–Crippen MR) is 72.6 cm³/mol. The molecule has 1 aromatic heterocycles. The van der Waals surface area contributed by atoms with Crippen LogP contribution in [-0.2, 0) is 14.3 Å². The van der Waals surface area contributed by atoms with Gasteiger partial charge in [-0.2, -0.15) is 4.37 Å². The largest absolute Gasteiger partial charge is 0.467 e. The van der Waals surface area contributed by atoms with Crippen LogP contribution in [0.1, 0.15) is 32.5 Å². The summed E-state index contributed by atoms with van der Waals surface area (Å²) in [7, 11) is 1.37. The van der Waals surface area contributed by atoms with Crippen LogP contribution in [0.2, 0.25) is 0 Å². The second kappa shape index (κ2) is 5.83. The van der Waals surface area contributed by atoms with Gasteiger partial charge in [-0.05, 0) is 6.92 Å². The van der Waals surface area contributed by atoms with Crippen LogP contribution >= 0.6 is 11.5 Å². The molecule has 0 N–H and O–H groups in total. The van der Waals surface area contributed by atoms with Gasteiger partial charge in [0.1, 0.15) is 5.82 Å². The Kier molecular flexibility index (Phi) is 4.36. The maximum absolute atomic E-state index is 11.6. The second-order valence-corrected chi connectivity index (χ2v) is 5.68. The van der Waals surface area contributed by atoms with Gasteiger partial charge < -0.3 is 14.4 Å². The molecule has 1 unspecified atom stereocenters. The SMILES string of the molecule is COC(=O)C1CN(c2nc(C(C)C)ns2)C[C@H](C)O1. The van der Waals surface area contributed by atoms with Crippen molar-refractivity contribution in [3.63, 3.8) is 0 Å². The van der Waals surface area contributed by atoms with Gasteiger partial charge in [-0.1, -0.05) is 13.8 Å². The van der Waals surface area contributed by atoms with Crippen molar-refractivity contribution in [1.82, 2.24) is 9.36 Å². The Bertz CT molecular complexity index is 449. The lowest BCUT2D eigenvalue weighted by Gasteiger charge is -2.34. The first-order valence-corrected chi connectivity index (χ1v) is 7.10. The second-order valence-electron chi connectivity index (χ2n) is 4.95. The minimum Gasteiger partial charge on any atom is -0.467 e. The van der Waals surface area contributed by atoms with E-state index < -0.39 is 6.10 Å². The fourth-order valence-corrected chi connectivity index (χ4v) is 2.78. The van der Waals surface area contributed by atoms with Gasteiger partial charge in [0.25, 0.3) is 0 Å². The molecule has 0 bridgehead atoms. The summed E-state index contributed by atoms with van der Waals surface area (Å²) in [6, 6.07) is 0. The van der Waals surface area contributed by atoms with Crippen LogP contribution in [0.15, 0.2) is 0 Å². The molecule has 0 spiro atoms. The Balaban J connectivity index is 2.12. The highest BCUT2D eigenvalue weighted by Gasteiger charge is 2.32. The average Bonchev–Trinajstić information content (AvgIpc) is 2.86. The number of rotatable bonds is 3. The molecule has 0 radical (unpaired) electrons. The maximum Gasteiger partial charge on any atom is 0.336 e. The summed E-state index contributed by atoms with van der Waals surface area (Å²) in [4.78, 5) is 18.2. The molecule has 1 aromatic rings. The average molecular weight is 285 g/mol. The fraction of sp³-hybridized carbons (Fsp3) is 0.750. The van der Waals surface area contributed by atoms with Gasteiger partial charge in [-0.15, -0.1) is 0 Å². The molecule has 0 aliphatic carbocycles. The van der Waals surface area contributed by atoms with Crippen LogP contribution in [-0.4, -0.2) is 47.7 Å². The standard InChI is InChI=1S/C12H19N3O3S/c1-7(2)10-13-12(19-14-10)15-5-8(3)18-9(6-15)11(16)17-4/h7-9H,5-6H2,1-4H3/t8-,9?/m0/s1. The topological polar surface area (TPSA) is 64.5 Å². The van der Waals surface area contributed by atoms with Gasteiger partial charge in [0.05, 0.1) is 19.8 Å². The molecule has 2 heterocycles. The van der Waals surface area contributed by atoms with E-state index in [1.165, 1.54) is 18.6 Å². The van der Waals surface area contributed by atoms with E-state index >= 15 is 0 Å². The summed E-state index contributed by atoms with van der Waals surface area (Å²) in [6.45, 7) is 7.23. The number of carbonyl (C=O) groups excluding carboxylic acids is 1. The van der Waals surface area contributed by atoms with Crippen LogP contribution in [0.5, 0.6) is 0 Å². The van der Waals surface area contributed by atoms with Crippen molar-refractivity contribution in [3.8, 4) is 0 Å². The van der Waals surface area contributed by atoms with Gasteiger partial charge in [0.15, 0.2) is 6.10 Å². The third-order valence-electron chi connectivity index (χ3n) is 2.94. The first-order chi connectivity index (χ1) is 9.01. The summed E-state index contributed by atoms with van der Waals surface area (Å²) in [6.07, 6.45) is -0.593. The number of ether oxygens (including phenoxy) is 2. The van der Waals surface area contributed by atoms with E-state index in [-0.39, 0.29) is 12.1 Å². The molecule has 1 aliphatic rings. The highest BCUT2D eigenvalue weighted by molar-refractivity contribution is 7.09. The maximum atomic E-state index is 11.6. The summed E-state index contributed by atoms with van der Waals surface area (Å²) in [5.74, 6) is 0.804. The number of carbonyl (C=O) groups is 1. The normalized spacial score (nSPS) is 23.7. The number of hydrogen-bond acceptors (Lipinski definition) is 7. The van der Waals surface area contributed by atoms with E-state index in [1.54, 1.807) is 0 Å². The molecule has 2 rings (SSSR count). The number of methoxy groups -OCH3 is 1. The number of anilines is 1. The number of nitrogens with zero attached hydrogens (tertiary/aromatic N) is 3. The molecule has 19 heavy (non-hydrogen) atoms. The van der Waals surface area contributed by atoms with Gasteiger partial charge >= 0.3 is 5.97 Å². The Morgan fingerprint density at radius 2 is 2.26 bits per heavy atom. The van der Waals surface area contributed by atoms with Crippen molar-refractivity contribution >= 4 is 22.6 Å². The van der Waals surface area contributed by atoms with Crippen LogP contribution in [0, 0.1) is 0 Å². The van der Waals surface area contributed by atoms with Crippen LogP contribution in [0.4, 0.5) is 5.13 Å². The van der Waals surface area contributed by atoms with E-state index in [9.17, 15) is 4.79 Å². The summed E-state index contributed by atoms with van der Waals surface area (Å²) < 4.78 is 14.7. The van der Waals surface area contributed by atoms with Gasteiger partial charge in [0.2, 0.25) is 5.13 Å². The highest BCUT2D eigenvalue weighted by atomic mass is 32.1. The molecule has 1 saturated heterocycles. The van der Waals surface area contributed by atoms with Crippen molar-refractivity contribution in [1.29, 1.82) is 0 Å². The molecule has 2 atom stereocenters. The summed E-state index contributed by atoms with van der Waals surface area (Å²) in [5, 5.41) is 0.841. The van der Waals surface area contributed by atoms with E-state index in [0.717, 1.165) is 11.0 Å². The lowest BCUT2D eigenvalue weighted by Crippen LogP contribution is -2.50. The first-order valence-electron chi connectivity index (χ1n) is 6.33. The zero-order chi connectivity index (χ0) is 14.0. The van der Waals surface area contributed by atoms with E-state index in [1.807, 2.05) is 11.8 Å². The molecule has 7 heteroatoms. The molecule has 1 fully saturated rings. The smallest absolute Gasteiger partial charge is 0.336 e. The van der Waals surface area contributed by atoms with E-state index in [2.05, 4.69) is 23.2 Å². The number of hydrogen-bond donors (Lipinski definition) is 0. The highest BCUT2D eigenvalue weighted by Crippen LogP contribution is 2.24. The minimum absolute atomic E-state index is 0.0377. The van der Waals surface area contributed by atoms with Crippen LogP contribution in [0.3, 0.4) is 0 Å². The number of aromatic nitrogens is 2. The number of morpholine rings is 1. The molecule has 0 saturated carbocycles. The minimum atomic E-state index is -0.555. The monoisotopic (exact) mass is 285 g/mol. The van der Waals surface area contributed by atoms with Crippen molar-refractivity contribution < 1.29 is 14.3 Å². The molecule has 1 aliphatic heterocycles. The zero-order valence-electron chi connectivity index (χ0n) is 11.6. The molecule has 106 valence electrons. The Morgan fingerprint density at radius 1 is 1.53 bits per heavy atom. The lowest BCUT2D eigenvalue weighted by atomic mass is 10.2. The van der Waals surface area contributed by atoms with Crippen LogP contribution < -0.4 is 4.90 Å². The Morgan fingerprint density at radius 3 is 2.84 bits per heavy atom. The fourth-order valence-electron chi connectivity index (χ4n) is 1.96. The van der Waals surface area contributed by atoms with Crippen molar-refractivity contribution in [2.24, 2.45) is 0 Å². The summed E-state index contributed by atoms with van der Waals surface area (Å²) in [5.41, 5.74) is 0. The Labute approximate surface area is 116 Å². The van der Waals surface area contributed by atoms with Crippen molar-refractivity contribution in [3.05, 3.63) is 5.82 Å². The molecular formula is C12H19N3O3S. The molecule has 0 amide bonds. The lowest BCUT2D eigenvalue weighted by molar-refractivity contribution is -0.158. The van der Waals surface area contributed by atoms with Gasteiger partial charge in [0, 0.05) is 24.0 Å². The quantitative estimate of drug-likeness (QED) is 0.783. The van der Waals surface area contributed by atoms with E-state index in [4.69, 9.17) is 9.47 Å². The third-order valence-corrected chi connectivity index (χ3v) is 3.73. The first kappa shape index (κ1) is 14.2.